The number of nitrogens with two attached hydrogens (primary N) is 1. The van der Waals surface area contributed by atoms with E-state index in [0.29, 0.717) is 15.9 Å². The molecule has 0 bridgehead atoms. The molecule has 2 heterocycles. The van der Waals surface area contributed by atoms with Crippen molar-refractivity contribution in [2.24, 2.45) is 5.84 Å². The van der Waals surface area contributed by atoms with Crippen molar-refractivity contribution in [2.45, 2.75) is 24.8 Å². The van der Waals surface area contributed by atoms with Gasteiger partial charge in [-0.3, -0.25) is 10.2 Å². The lowest BCUT2D eigenvalue weighted by Gasteiger charge is -2.00. The molecule has 0 aliphatic carbocycles. The summed E-state index contributed by atoms with van der Waals surface area (Å²) in [5.74, 6) is 6.32. The molecular formula is C11H13N3O2S2. The van der Waals surface area contributed by atoms with Gasteiger partial charge < -0.3 is 4.42 Å². The maximum absolute atomic E-state index is 11.5. The average Bonchev–Trinajstić information content (AvgIpc) is 2.93. The van der Waals surface area contributed by atoms with Gasteiger partial charge >= 0.3 is 0 Å². The van der Waals surface area contributed by atoms with Gasteiger partial charge in [0.25, 0.3) is 11.1 Å². The third kappa shape index (κ3) is 2.74. The SMILES string of the molecule is Cc1nc(SCc2ccsc2C(=O)NN)oc1C. The molecule has 2 aromatic heterocycles. The van der Waals surface area contributed by atoms with Gasteiger partial charge in [0.15, 0.2) is 0 Å². The second kappa shape index (κ2) is 5.55. The average molecular weight is 283 g/mol. The number of hydrazine groups is 1. The highest BCUT2D eigenvalue weighted by molar-refractivity contribution is 7.98. The van der Waals surface area contributed by atoms with Crippen molar-refractivity contribution < 1.29 is 9.21 Å². The molecule has 0 atom stereocenters. The van der Waals surface area contributed by atoms with Crippen molar-refractivity contribution in [1.82, 2.24) is 10.4 Å². The third-order valence-corrected chi connectivity index (χ3v) is 4.28. The molecule has 3 N–H and O–H groups in total. The van der Waals surface area contributed by atoms with Crippen LogP contribution in [0, 0.1) is 13.8 Å². The number of nitrogen functional groups attached to an aromatic ring is 1. The number of hydrogen-bond acceptors (Lipinski definition) is 6. The van der Waals surface area contributed by atoms with Gasteiger partial charge in [0.05, 0.1) is 10.6 Å². The molecule has 0 fully saturated rings. The van der Waals surface area contributed by atoms with Crippen LogP contribution in [0.15, 0.2) is 21.1 Å². The molecule has 0 aliphatic heterocycles. The van der Waals surface area contributed by atoms with Crippen LogP contribution in [0.25, 0.3) is 0 Å². The molecule has 0 unspecified atom stereocenters. The predicted octanol–water partition coefficient (Wildman–Crippen LogP) is 2.25. The van der Waals surface area contributed by atoms with Gasteiger partial charge in [0.2, 0.25) is 0 Å². The molecule has 0 aliphatic rings. The molecule has 18 heavy (non-hydrogen) atoms. The third-order valence-electron chi connectivity index (χ3n) is 2.44. The summed E-state index contributed by atoms with van der Waals surface area (Å²) >= 11 is 2.83. The van der Waals surface area contributed by atoms with Gasteiger partial charge in [-0.05, 0) is 30.9 Å². The minimum absolute atomic E-state index is 0.264. The summed E-state index contributed by atoms with van der Waals surface area (Å²) in [6.07, 6.45) is 0. The number of aryl methyl sites for hydroxylation is 2. The number of rotatable bonds is 4. The van der Waals surface area contributed by atoms with Crippen LogP contribution >= 0.6 is 23.1 Å². The molecule has 5 nitrogen and oxygen atoms in total. The highest BCUT2D eigenvalue weighted by atomic mass is 32.2. The van der Waals surface area contributed by atoms with E-state index in [-0.39, 0.29) is 5.91 Å². The Morgan fingerprint density at radius 2 is 2.39 bits per heavy atom. The number of nitrogens with zero attached hydrogens (tertiary/aromatic N) is 1. The highest BCUT2D eigenvalue weighted by Crippen LogP contribution is 2.27. The van der Waals surface area contributed by atoms with Gasteiger partial charge in [0, 0.05) is 5.75 Å². The van der Waals surface area contributed by atoms with Gasteiger partial charge in [0.1, 0.15) is 5.76 Å². The van der Waals surface area contributed by atoms with E-state index in [1.165, 1.54) is 23.1 Å². The minimum Gasteiger partial charge on any atom is -0.437 e. The Balaban J connectivity index is 2.06. The van der Waals surface area contributed by atoms with Gasteiger partial charge in [-0.1, -0.05) is 11.8 Å². The number of carbonyl (C=O) groups excluding carboxylic acids is 1. The summed E-state index contributed by atoms with van der Waals surface area (Å²) < 4.78 is 5.47. The molecule has 2 rings (SSSR count). The zero-order valence-corrected chi connectivity index (χ0v) is 11.7. The molecule has 0 saturated heterocycles. The smallest absolute Gasteiger partial charge is 0.275 e. The number of nitrogens with one attached hydrogen (secondary N) is 1. The van der Waals surface area contributed by atoms with Crippen LogP contribution in [0.4, 0.5) is 0 Å². The van der Waals surface area contributed by atoms with E-state index in [1.807, 2.05) is 25.3 Å². The van der Waals surface area contributed by atoms with Crippen molar-refractivity contribution in [1.29, 1.82) is 0 Å². The zero-order valence-electron chi connectivity index (χ0n) is 10.0. The Labute approximate surface area is 113 Å². The van der Waals surface area contributed by atoms with Crippen LogP contribution in [0.1, 0.15) is 26.7 Å². The van der Waals surface area contributed by atoms with Crippen LogP contribution in [-0.2, 0) is 5.75 Å². The van der Waals surface area contributed by atoms with Crippen LogP contribution in [0.2, 0.25) is 0 Å². The molecule has 2 aromatic rings. The summed E-state index contributed by atoms with van der Waals surface area (Å²) in [5.41, 5.74) is 3.97. The van der Waals surface area contributed by atoms with Crippen LogP contribution in [-0.4, -0.2) is 10.9 Å². The minimum atomic E-state index is -0.264. The van der Waals surface area contributed by atoms with Crippen molar-refractivity contribution >= 4 is 29.0 Å². The summed E-state index contributed by atoms with van der Waals surface area (Å²) in [5, 5.41) is 2.49. The van der Waals surface area contributed by atoms with Crippen LogP contribution < -0.4 is 11.3 Å². The summed E-state index contributed by atoms with van der Waals surface area (Å²) in [6, 6.07) is 1.91. The lowest BCUT2D eigenvalue weighted by molar-refractivity contribution is 0.0957. The fourth-order valence-electron chi connectivity index (χ4n) is 1.36. The number of oxazole rings is 1. The van der Waals surface area contributed by atoms with Crippen LogP contribution in [0.3, 0.4) is 0 Å². The van der Waals surface area contributed by atoms with E-state index in [0.717, 1.165) is 17.0 Å². The summed E-state index contributed by atoms with van der Waals surface area (Å²) in [7, 11) is 0. The Morgan fingerprint density at radius 1 is 1.61 bits per heavy atom. The molecule has 0 spiro atoms. The maximum Gasteiger partial charge on any atom is 0.275 e. The van der Waals surface area contributed by atoms with Crippen molar-refractivity contribution in [2.75, 3.05) is 0 Å². The van der Waals surface area contributed by atoms with Crippen molar-refractivity contribution in [3.8, 4) is 0 Å². The molecule has 1 amide bonds. The molecule has 96 valence electrons. The van der Waals surface area contributed by atoms with Crippen LogP contribution in [0.5, 0.6) is 0 Å². The standard InChI is InChI=1S/C11H13N3O2S2/c1-6-7(2)16-11(13-6)18-5-8-3-4-17-9(8)10(15)14-12/h3-4H,5,12H2,1-2H3,(H,14,15). The topological polar surface area (TPSA) is 81.2 Å². The lowest BCUT2D eigenvalue weighted by Crippen LogP contribution is -2.29. The Morgan fingerprint density at radius 3 is 3.00 bits per heavy atom. The predicted molar refractivity (Wildman–Crippen MR) is 71.5 cm³/mol. The number of aromatic nitrogens is 1. The first kappa shape index (κ1) is 13.1. The monoisotopic (exact) mass is 283 g/mol. The Bertz CT molecular complexity index is 543. The normalized spacial score (nSPS) is 10.6. The van der Waals surface area contributed by atoms with E-state index in [9.17, 15) is 4.79 Å². The lowest BCUT2D eigenvalue weighted by atomic mass is 10.3. The first-order valence-corrected chi connectivity index (χ1v) is 7.12. The van der Waals surface area contributed by atoms with Gasteiger partial charge in [-0.15, -0.1) is 11.3 Å². The molecule has 0 radical (unpaired) electrons. The molecule has 0 saturated carbocycles. The second-order valence-electron chi connectivity index (χ2n) is 3.66. The first-order valence-electron chi connectivity index (χ1n) is 5.26. The number of thioether (sulfide) groups is 1. The Hall–Kier alpha value is -1.31. The highest BCUT2D eigenvalue weighted by Gasteiger charge is 2.13. The fourth-order valence-corrected chi connectivity index (χ4v) is 3.18. The van der Waals surface area contributed by atoms with E-state index in [1.54, 1.807) is 0 Å². The first-order chi connectivity index (χ1) is 8.61. The van der Waals surface area contributed by atoms with E-state index < -0.39 is 0 Å². The molecular weight excluding hydrogens is 270 g/mol. The van der Waals surface area contributed by atoms with E-state index in [2.05, 4.69) is 10.4 Å². The number of carbonyl (C=O) groups is 1. The van der Waals surface area contributed by atoms with Crippen molar-refractivity contribution in [3.63, 3.8) is 0 Å². The van der Waals surface area contributed by atoms with Crippen molar-refractivity contribution in [3.05, 3.63) is 33.3 Å². The van der Waals surface area contributed by atoms with E-state index in [4.69, 9.17) is 10.3 Å². The van der Waals surface area contributed by atoms with Gasteiger partial charge in [-0.25, -0.2) is 10.8 Å². The fraction of sp³-hybridized carbons (Fsp3) is 0.273. The van der Waals surface area contributed by atoms with E-state index >= 15 is 0 Å². The quantitative estimate of drug-likeness (QED) is 0.389. The summed E-state index contributed by atoms with van der Waals surface area (Å²) in [4.78, 5) is 16.4. The molecule has 7 heteroatoms. The number of thiophene rings is 1. The molecule has 0 aromatic carbocycles. The zero-order chi connectivity index (χ0) is 13.1. The largest absolute Gasteiger partial charge is 0.437 e. The number of amides is 1. The summed E-state index contributed by atoms with van der Waals surface area (Å²) in [6.45, 7) is 3.78. The number of hydrogen-bond donors (Lipinski definition) is 2. The van der Waals surface area contributed by atoms with Gasteiger partial charge in [-0.2, -0.15) is 0 Å². The second-order valence-corrected chi connectivity index (χ2v) is 5.50. The maximum atomic E-state index is 11.5. The Kier molecular flexibility index (Phi) is 4.05.